The first-order valence-corrected chi connectivity index (χ1v) is 13.4. The van der Waals surface area contributed by atoms with E-state index < -0.39 is 0 Å². The maximum Gasteiger partial charge on any atom is 0.0978 e. The average molecular weight is 500 g/mol. The number of hydrogen-bond acceptors (Lipinski definition) is 1. The number of anilines is 1. The Morgan fingerprint density at radius 2 is 1.10 bits per heavy atom. The summed E-state index contributed by atoms with van der Waals surface area (Å²) in [6.07, 6.45) is 7.54. The topological polar surface area (TPSA) is 21.9 Å². The molecule has 0 fully saturated rings. The first kappa shape index (κ1) is 21.8. The fraction of sp³-hybridized carbons (Fsp3) is 0.0556. The summed E-state index contributed by atoms with van der Waals surface area (Å²) in [7, 11) is 0. The predicted molar refractivity (Wildman–Crippen MR) is 164 cm³/mol. The summed E-state index contributed by atoms with van der Waals surface area (Å²) in [4.78, 5) is 0. The van der Waals surface area contributed by atoms with Gasteiger partial charge in [-0.2, -0.15) is 0 Å². The van der Waals surface area contributed by atoms with Crippen molar-refractivity contribution in [1.82, 2.24) is 9.13 Å². The lowest BCUT2D eigenvalue weighted by atomic mass is 10.1. The smallest absolute Gasteiger partial charge is 0.0978 e. The molecule has 2 aromatic heterocycles. The van der Waals surface area contributed by atoms with Gasteiger partial charge in [-0.15, -0.1) is 0 Å². The lowest BCUT2D eigenvalue weighted by Gasteiger charge is -2.11. The molecule has 1 aliphatic heterocycles. The van der Waals surface area contributed by atoms with E-state index in [4.69, 9.17) is 0 Å². The number of aromatic nitrogens is 2. The predicted octanol–water partition coefficient (Wildman–Crippen LogP) is 8.56. The second-order valence-corrected chi connectivity index (χ2v) is 10.0. The van der Waals surface area contributed by atoms with E-state index in [2.05, 4.69) is 148 Å². The largest absolute Gasteiger partial charge is 0.375 e. The van der Waals surface area contributed by atoms with Crippen molar-refractivity contribution in [1.29, 1.82) is 0 Å². The van der Waals surface area contributed by atoms with Crippen LogP contribution in [-0.2, 0) is 6.42 Å². The molecule has 0 aliphatic carbocycles. The van der Waals surface area contributed by atoms with Gasteiger partial charge in [-0.05, 0) is 60.5 Å². The van der Waals surface area contributed by atoms with Crippen LogP contribution >= 0.6 is 0 Å². The number of para-hydroxylation sites is 4. The Labute approximate surface area is 226 Å². The maximum atomic E-state index is 3.57. The number of allylic oxidation sites excluding steroid dienone is 3. The maximum absolute atomic E-state index is 3.57. The number of fused-ring (bicyclic) bond motifs is 7. The highest BCUT2D eigenvalue weighted by molar-refractivity contribution is 6.11. The molecule has 0 atom stereocenters. The second kappa shape index (κ2) is 8.68. The van der Waals surface area contributed by atoms with E-state index in [9.17, 15) is 0 Å². The summed E-state index contributed by atoms with van der Waals surface area (Å²) < 4.78 is 4.70. The standard InChI is InChI=1S/C36H25N3/c1-5-15-33-28(11-1)29-12-2-6-16-34(29)38(33)26-10-9-23-37-32-22-21-27(24-25(32)19-20-26)39-35-17-7-3-13-30(35)31-14-4-8-18-36(31)39/h1-18,20,24,37H,19,23H2/b10-9-,26-20+. The minimum Gasteiger partial charge on any atom is -0.375 e. The molecular formula is C36H25N3. The first-order valence-electron chi connectivity index (χ1n) is 13.4. The van der Waals surface area contributed by atoms with Gasteiger partial charge in [0.15, 0.2) is 0 Å². The van der Waals surface area contributed by atoms with Gasteiger partial charge in [0.1, 0.15) is 0 Å². The quantitative estimate of drug-likeness (QED) is 0.253. The van der Waals surface area contributed by atoms with Crippen LogP contribution in [0.4, 0.5) is 5.69 Å². The molecule has 8 rings (SSSR count). The van der Waals surface area contributed by atoms with Crippen molar-refractivity contribution >= 4 is 55.0 Å². The molecule has 1 aliphatic rings. The van der Waals surface area contributed by atoms with Gasteiger partial charge in [0.25, 0.3) is 0 Å². The molecule has 0 saturated carbocycles. The number of hydrogen-bond donors (Lipinski definition) is 1. The number of rotatable bonds is 2. The lowest BCUT2D eigenvalue weighted by Crippen LogP contribution is -2.02. The van der Waals surface area contributed by atoms with E-state index in [1.54, 1.807) is 0 Å². The Morgan fingerprint density at radius 3 is 1.67 bits per heavy atom. The van der Waals surface area contributed by atoms with E-state index in [-0.39, 0.29) is 0 Å². The van der Waals surface area contributed by atoms with Gasteiger partial charge in [0.2, 0.25) is 0 Å². The van der Waals surface area contributed by atoms with Crippen LogP contribution in [0.2, 0.25) is 0 Å². The molecule has 0 saturated heterocycles. The third-order valence-corrected chi connectivity index (χ3v) is 7.82. The molecule has 184 valence electrons. The highest BCUT2D eigenvalue weighted by Crippen LogP contribution is 2.34. The second-order valence-electron chi connectivity index (χ2n) is 10.0. The van der Waals surface area contributed by atoms with Crippen LogP contribution < -0.4 is 5.32 Å². The highest BCUT2D eigenvalue weighted by atomic mass is 15.0. The molecular weight excluding hydrogens is 474 g/mol. The van der Waals surface area contributed by atoms with Gasteiger partial charge in [-0.1, -0.05) is 84.9 Å². The zero-order chi connectivity index (χ0) is 25.8. The SMILES string of the molecule is c1c(-n2c3ccccc3c3ccccc32)cc2c(c#1)NC/C=C\C(n1c3ccccc3c3ccccc31)=C/C2. The third-order valence-electron chi connectivity index (χ3n) is 7.82. The van der Waals surface area contributed by atoms with Gasteiger partial charge in [0, 0.05) is 33.8 Å². The highest BCUT2D eigenvalue weighted by Gasteiger charge is 2.15. The molecule has 0 unspecified atom stereocenters. The minimum atomic E-state index is 0.723. The Bertz CT molecular complexity index is 1990. The van der Waals surface area contributed by atoms with E-state index in [1.165, 1.54) is 54.9 Å². The van der Waals surface area contributed by atoms with E-state index in [0.717, 1.165) is 24.3 Å². The van der Waals surface area contributed by atoms with Crippen LogP contribution in [0.5, 0.6) is 0 Å². The number of nitrogens with one attached hydrogen (secondary N) is 1. The van der Waals surface area contributed by atoms with E-state index in [0.29, 0.717) is 0 Å². The minimum absolute atomic E-state index is 0.723. The van der Waals surface area contributed by atoms with Crippen LogP contribution in [0.3, 0.4) is 0 Å². The van der Waals surface area contributed by atoms with Crippen molar-refractivity contribution in [3.05, 3.63) is 139 Å². The fourth-order valence-corrected chi connectivity index (χ4v) is 6.09. The molecule has 3 nitrogen and oxygen atoms in total. The zero-order valence-corrected chi connectivity index (χ0v) is 21.4. The Balaban J connectivity index is 1.29. The first-order chi connectivity index (χ1) is 19.4. The van der Waals surface area contributed by atoms with Gasteiger partial charge in [-0.25, -0.2) is 0 Å². The van der Waals surface area contributed by atoms with Crippen molar-refractivity contribution in [3.63, 3.8) is 0 Å². The summed E-state index contributed by atoms with van der Waals surface area (Å²) in [5.74, 6) is 0. The van der Waals surface area contributed by atoms with Gasteiger partial charge in [0.05, 0.1) is 33.4 Å². The van der Waals surface area contributed by atoms with Crippen LogP contribution in [0.25, 0.3) is 55.0 Å². The van der Waals surface area contributed by atoms with E-state index in [1.807, 2.05) is 0 Å². The third kappa shape index (κ3) is 3.39. The van der Waals surface area contributed by atoms with Crippen molar-refractivity contribution in [2.45, 2.75) is 6.42 Å². The molecule has 5 aromatic carbocycles. The van der Waals surface area contributed by atoms with Crippen LogP contribution in [0.15, 0.2) is 121 Å². The molecule has 0 bridgehead atoms. The Kier molecular flexibility index (Phi) is 4.86. The summed E-state index contributed by atoms with van der Waals surface area (Å²) in [6, 6.07) is 43.7. The van der Waals surface area contributed by atoms with Gasteiger partial charge in [-0.3, -0.25) is 0 Å². The monoisotopic (exact) mass is 499 g/mol. The fourth-order valence-electron chi connectivity index (χ4n) is 6.09. The Hall–Kier alpha value is -5.20. The lowest BCUT2D eigenvalue weighted by molar-refractivity contribution is 1.15. The van der Waals surface area contributed by atoms with Crippen molar-refractivity contribution in [2.24, 2.45) is 0 Å². The molecule has 3 heteroatoms. The van der Waals surface area contributed by atoms with Gasteiger partial charge < -0.3 is 14.5 Å². The number of benzene rings is 4. The summed E-state index contributed by atoms with van der Waals surface area (Å²) in [6.45, 7) is 0.723. The van der Waals surface area contributed by atoms with Crippen LogP contribution in [-0.4, -0.2) is 15.7 Å². The molecule has 39 heavy (non-hydrogen) atoms. The number of nitrogens with zero attached hydrogens (tertiary/aromatic N) is 2. The molecule has 7 aromatic rings. The van der Waals surface area contributed by atoms with Gasteiger partial charge >= 0.3 is 0 Å². The molecule has 1 N–H and O–H groups in total. The summed E-state index contributed by atoms with van der Waals surface area (Å²) >= 11 is 0. The van der Waals surface area contributed by atoms with Crippen molar-refractivity contribution < 1.29 is 0 Å². The van der Waals surface area contributed by atoms with E-state index >= 15 is 0 Å². The average Bonchev–Trinajstić information content (AvgIpc) is 3.53. The summed E-state index contributed by atoms with van der Waals surface area (Å²) in [5.41, 5.74) is 9.20. The van der Waals surface area contributed by atoms with Crippen molar-refractivity contribution in [2.75, 3.05) is 11.9 Å². The summed E-state index contributed by atoms with van der Waals surface area (Å²) in [5, 5.41) is 8.62. The van der Waals surface area contributed by atoms with Crippen LogP contribution in [0.1, 0.15) is 5.56 Å². The Morgan fingerprint density at radius 1 is 0.590 bits per heavy atom. The zero-order valence-electron chi connectivity index (χ0n) is 21.4. The molecule has 0 amide bonds. The van der Waals surface area contributed by atoms with Crippen molar-refractivity contribution in [3.8, 4) is 5.69 Å². The normalized spacial score (nSPS) is 15.6. The molecule has 0 spiro atoms. The van der Waals surface area contributed by atoms with Crippen LogP contribution in [0, 0.1) is 12.1 Å². The molecule has 3 heterocycles. The molecule has 0 radical (unpaired) electrons.